The first kappa shape index (κ1) is 21.1. The largest absolute Gasteiger partial charge is 0.449 e. The van der Waals surface area contributed by atoms with E-state index in [1.165, 1.54) is 11.6 Å². The van der Waals surface area contributed by atoms with Crippen LogP contribution in [0.15, 0.2) is 53.3 Å². The van der Waals surface area contributed by atoms with Gasteiger partial charge in [0.05, 0.1) is 16.9 Å². The van der Waals surface area contributed by atoms with Gasteiger partial charge in [0.15, 0.2) is 6.10 Å². The fourth-order valence-corrected chi connectivity index (χ4v) is 3.19. The number of amides is 1. The van der Waals surface area contributed by atoms with Crippen molar-refractivity contribution in [2.24, 2.45) is 7.05 Å². The summed E-state index contributed by atoms with van der Waals surface area (Å²) in [6.07, 6.45) is -1.07. The summed E-state index contributed by atoms with van der Waals surface area (Å²) in [7, 11) is 1.74. The highest BCUT2D eigenvalue weighted by molar-refractivity contribution is 5.98. The van der Waals surface area contributed by atoms with Crippen molar-refractivity contribution in [3.05, 3.63) is 81.3 Å². The highest BCUT2D eigenvalue weighted by Gasteiger charge is 2.24. The number of ether oxygens (including phenoxy) is 1. The van der Waals surface area contributed by atoms with E-state index in [1.807, 2.05) is 38.1 Å². The molecular formula is C23H25N3O4. The van der Waals surface area contributed by atoms with Crippen molar-refractivity contribution in [1.82, 2.24) is 9.36 Å². The van der Waals surface area contributed by atoms with Gasteiger partial charge in [-0.05, 0) is 57.0 Å². The summed E-state index contributed by atoms with van der Waals surface area (Å²) in [4.78, 5) is 38.1. The molecule has 1 atom stereocenters. The predicted molar refractivity (Wildman–Crippen MR) is 115 cm³/mol. The van der Waals surface area contributed by atoms with Crippen LogP contribution in [0.1, 0.15) is 34.1 Å². The molecule has 0 aliphatic heterocycles. The summed E-state index contributed by atoms with van der Waals surface area (Å²) in [6, 6.07) is 14.5. The minimum absolute atomic E-state index is 0.154. The topological polar surface area (TPSA) is 82.3 Å². The van der Waals surface area contributed by atoms with Crippen molar-refractivity contribution < 1.29 is 14.3 Å². The van der Waals surface area contributed by atoms with E-state index in [0.29, 0.717) is 16.9 Å². The van der Waals surface area contributed by atoms with Gasteiger partial charge in [-0.2, -0.15) is 0 Å². The second kappa shape index (κ2) is 8.41. The number of nitrogens with zero attached hydrogens (tertiary/aromatic N) is 2. The van der Waals surface area contributed by atoms with Gasteiger partial charge in [-0.25, -0.2) is 9.48 Å². The Hall–Kier alpha value is -3.61. The molecule has 1 amide bonds. The summed E-state index contributed by atoms with van der Waals surface area (Å²) < 4.78 is 8.48. The molecule has 7 nitrogen and oxygen atoms in total. The Labute approximate surface area is 174 Å². The third kappa shape index (κ3) is 3.91. The van der Waals surface area contributed by atoms with Crippen molar-refractivity contribution in [3.8, 4) is 5.69 Å². The molecule has 1 heterocycles. The molecule has 156 valence electrons. The standard InChI is InChI=1S/C23H25N3O4/c1-14-10-9-13-19(15(14)2)23(29)30-17(4)21(27)24-20-16(3)25(5)26(22(20)28)18-11-7-6-8-12-18/h6-13,17H,1-5H3,(H,24,27)/t17-/m0/s1. The van der Waals surface area contributed by atoms with E-state index in [-0.39, 0.29) is 11.2 Å². The van der Waals surface area contributed by atoms with Crippen molar-refractivity contribution in [3.63, 3.8) is 0 Å². The van der Waals surface area contributed by atoms with Gasteiger partial charge >= 0.3 is 5.97 Å². The van der Waals surface area contributed by atoms with Crippen molar-refractivity contribution in [2.45, 2.75) is 33.8 Å². The zero-order valence-electron chi connectivity index (χ0n) is 17.7. The van der Waals surface area contributed by atoms with Crippen LogP contribution in [0.25, 0.3) is 5.69 Å². The Morgan fingerprint density at radius 1 is 1.00 bits per heavy atom. The van der Waals surface area contributed by atoms with Crippen LogP contribution in [-0.4, -0.2) is 27.3 Å². The van der Waals surface area contributed by atoms with E-state index in [0.717, 1.165) is 11.1 Å². The number of para-hydroxylation sites is 1. The van der Waals surface area contributed by atoms with E-state index in [1.54, 1.807) is 42.9 Å². The maximum absolute atomic E-state index is 12.9. The lowest BCUT2D eigenvalue weighted by Crippen LogP contribution is -2.32. The Morgan fingerprint density at radius 3 is 2.33 bits per heavy atom. The van der Waals surface area contributed by atoms with Gasteiger partial charge in [0.25, 0.3) is 11.5 Å². The third-order valence-corrected chi connectivity index (χ3v) is 5.28. The first-order valence-corrected chi connectivity index (χ1v) is 9.64. The average Bonchev–Trinajstić information content (AvgIpc) is 2.93. The minimum Gasteiger partial charge on any atom is -0.449 e. The summed E-state index contributed by atoms with van der Waals surface area (Å²) in [6.45, 7) is 6.95. The Morgan fingerprint density at radius 2 is 1.67 bits per heavy atom. The summed E-state index contributed by atoms with van der Waals surface area (Å²) in [5.74, 6) is -1.15. The number of carbonyl (C=O) groups is 2. The number of aryl methyl sites for hydroxylation is 1. The molecule has 0 bridgehead atoms. The number of aromatic nitrogens is 2. The third-order valence-electron chi connectivity index (χ3n) is 5.28. The Kier molecular flexibility index (Phi) is 5.91. The van der Waals surface area contributed by atoms with Crippen LogP contribution in [0.5, 0.6) is 0 Å². The quantitative estimate of drug-likeness (QED) is 0.658. The molecule has 30 heavy (non-hydrogen) atoms. The molecule has 0 fully saturated rings. The number of hydrogen-bond donors (Lipinski definition) is 1. The Balaban J connectivity index is 1.80. The molecule has 0 spiro atoms. The van der Waals surface area contributed by atoms with Gasteiger partial charge in [-0.1, -0.05) is 30.3 Å². The zero-order valence-corrected chi connectivity index (χ0v) is 17.7. The number of benzene rings is 2. The van der Waals surface area contributed by atoms with E-state index < -0.39 is 18.0 Å². The molecule has 3 rings (SSSR count). The maximum Gasteiger partial charge on any atom is 0.339 e. The molecule has 0 radical (unpaired) electrons. The fourth-order valence-electron chi connectivity index (χ4n) is 3.19. The molecular weight excluding hydrogens is 382 g/mol. The summed E-state index contributed by atoms with van der Waals surface area (Å²) in [5, 5.41) is 2.62. The number of nitrogens with one attached hydrogen (secondary N) is 1. The van der Waals surface area contributed by atoms with Gasteiger partial charge in [0, 0.05) is 7.05 Å². The van der Waals surface area contributed by atoms with Crippen LogP contribution in [0, 0.1) is 20.8 Å². The molecule has 7 heteroatoms. The van der Waals surface area contributed by atoms with Crippen LogP contribution in [0.2, 0.25) is 0 Å². The van der Waals surface area contributed by atoms with Gasteiger partial charge in [0.1, 0.15) is 5.69 Å². The van der Waals surface area contributed by atoms with E-state index in [9.17, 15) is 14.4 Å². The molecule has 1 aromatic heterocycles. The maximum atomic E-state index is 12.9. The summed E-state index contributed by atoms with van der Waals surface area (Å²) in [5.41, 5.74) is 3.25. The molecule has 0 saturated carbocycles. The lowest BCUT2D eigenvalue weighted by molar-refractivity contribution is -0.123. The summed E-state index contributed by atoms with van der Waals surface area (Å²) >= 11 is 0. The fraction of sp³-hybridized carbons (Fsp3) is 0.261. The van der Waals surface area contributed by atoms with Gasteiger partial charge in [-0.15, -0.1) is 0 Å². The number of rotatable bonds is 5. The Bertz CT molecular complexity index is 1160. The van der Waals surface area contributed by atoms with Gasteiger partial charge < -0.3 is 10.1 Å². The van der Waals surface area contributed by atoms with Gasteiger partial charge in [0.2, 0.25) is 0 Å². The molecule has 1 N–H and O–H groups in total. The van der Waals surface area contributed by atoms with Crippen LogP contribution in [0.3, 0.4) is 0 Å². The molecule has 0 aliphatic rings. The number of hydrogen-bond acceptors (Lipinski definition) is 4. The van der Waals surface area contributed by atoms with Crippen LogP contribution in [-0.2, 0) is 16.6 Å². The molecule has 3 aromatic rings. The lowest BCUT2D eigenvalue weighted by atomic mass is 10.0. The zero-order chi connectivity index (χ0) is 22.0. The van der Waals surface area contributed by atoms with E-state index >= 15 is 0 Å². The number of esters is 1. The monoisotopic (exact) mass is 407 g/mol. The molecule has 0 aliphatic carbocycles. The highest BCUT2D eigenvalue weighted by atomic mass is 16.5. The van der Waals surface area contributed by atoms with Crippen molar-refractivity contribution in [1.29, 1.82) is 0 Å². The van der Waals surface area contributed by atoms with E-state index in [4.69, 9.17) is 4.74 Å². The van der Waals surface area contributed by atoms with Crippen LogP contribution >= 0.6 is 0 Å². The second-order valence-corrected chi connectivity index (χ2v) is 7.22. The van der Waals surface area contributed by atoms with Gasteiger partial charge in [-0.3, -0.25) is 14.3 Å². The van der Waals surface area contributed by atoms with Crippen molar-refractivity contribution in [2.75, 3.05) is 5.32 Å². The van der Waals surface area contributed by atoms with Crippen LogP contribution in [0.4, 0.5) is 5.69 Å². The van der Waals surface area contributed by atoms with Crippen molar-refractivity contribution >= 4 is 17.6 Å². The first-order valence-electron chi connectivity index (χ1n) is 9.64. The second-order valence-electron chi connectivity index (χ2n) is 7.22. The number of anilines is 1. The lowest BCUT2D eigenvalue weighted by Gasteiger charge is -2.14. The smallest absolute Gasteiger partial charge is 0.339 e. The molecule has 0 saturated heterocycles. The number of carbonyl (C=O) groups excluding carboxylic acids is 2. The highest BCUT2D eigenvalue weighted by Crippen LogP contribution is 2.17. The SMILES string of the molecule is Cc1cccc(C(=O)O[C@@H](C)C(=O)Nc2c(C)n(C)n(-c3ccccc3)c2=O)c1C. The molecule has 2 aromatic carbocycles. The predicted octanol–water partition coefficient (Wildman–Crippen LogP) is 3.29. The average molecular weight is 407 g/mol. The van der Waals surface area contributed by atoms with Crippen LogP contribution < -0.4 is 10.9 Å². The normalized spacial score (nSPS) is 11.8. The first-order chi connectivity index (χ1) is 14.2. The van der Waals surface area contributed by atoms with E-state index in [2.05, 4.69) is 5.32 Å². The minimum atomic E-state index is -1.07. The molecule has 0 unspecified atom stereocenters.